The highest BCUT2D eigenvalue weighted by Gasteiger charge is 2.23. The maximum atomic E-state index is 5.95. The van der Waals surface area contributed by atoms with Crippen LogP contribution in [-0.4, -0.2) is 31.3 Å². The molecule has 0 aromatic heterocycles. The van der Waals surface area contributed by atoms with E-state index < -0.39 is 0 Å². The van der Waals surface area contributed by atoms with Gasteiger partial charge in [-0.05, 0) is 44.4 Å². The van der Waals surface area contributed by atoms with Crippen molar-refractivity contribution < 1.29 is 4.74 Å². The van der Waals surface area contributed by atoms with Crippen LogP contribution in [0.1, 0.15) is 31.7 Å². The first kappa shape index (κ1) is 12.9. The number of benzene rings is 1. The summed E-state index contributed by atoms with van der Waals surface area (Å²) in [6, 6.07) is 9.64. The summed E-state index contributed by atoms with van der Waals surface area (Å²) in [5.74, 6) is 1.07. The van der Waals surface area contributed by atoms with Crippen LogP contribution in [0.15, 0.2) is 24.3 Å². The topological polar surface area (TPSA) is 33.3 Å². The molecule has 0 amide bonds. The third-order valence-corrected chi connectivity index (χ3v) is 4.21. The summed E-state index contributed by atoms with van der Waals surface area (Å²) in [5.41, 5.74) is 1.35. The standard InChI is InChI=1S/C16H24N2O/c1-12(9-14-6-4-8-17-14)18-11-15-10-13-5-2-3-7-16(13)19-15/h2-3,5,7,12,14-15,17-18H,4,6,8-11H2,1H3. The van der Waals surface area contributed by atoms with E-state index in [4.69, 9.17) is 4.74 Å². The third kappa shape index (κ3) is 3.28. The van der Waals surface area contributed by atoms with Crippen molar-refractivity contribution in [3.8, 4) is 5.75 Å². The molecule has 1 aromatic rings. The average Bonchev–Trinajstić information content (AvgIpc) is 3.04. The Kier molecular flexibility index (Phi) is 4.04. The summed E-state index contributed by atoms with van der Waals surface area (Å²) in [7, 11) is 0. The molecule has 2 N–H and O–H groups in total. The first-order valence-electron chi connectivity index (χ1n) is 7.52. The van der Waals surface area contributed by atoms with Crippen LogP contribution in [0.5, 0.6) is 5.75 Å². The predicted octanol–water partition coefficient (Wildman–Crippen LogP) is 2.11. The first-order chi connectivity index (χ1) is 9.31. The van der Waals surface area contributed by atoms with E-state index in [1.807, 2.05) is 6.07 Å². The van der Waals surface area contributed by atoms with Crippen LogP contribution in [0, 0.1) is 0 Å². The predicted molar refractivity (Wildman–Crippen MR) is 77.7 cm³/mol. The molecular formula is C16H24N2O. The lowest BCUT2D eigenvalue weighted by Gasteiger charge is -2.20. The van der Waals surface area contributed by atoms with E-state index in [9.17, 15) is 0 Å². The molecule has 104 valence electrons. The van der Waals surface area contributed by atoms with Crippen molar-refractivity contribution in [2.75, 3.05) is 13.1 Å². The number of rotatable bonds is 5. The van der Waals surface area contributed by atoms with E-state index in [0.29, 0.717) is 18.2 Å². The zero-order valence-electron chi connectivity index (χ0n) is 11.7. The van der Waals surface area contributed by atoms with Gasteiger partial charge in [-0.15, -0.1) is 0 Å². The summed E-state index contributed by atoms with van der Waals surface area (Å²) >= 11 is 0. The molecule has 2 aliphatic rings. The second-order valence-electron chi connectivity index (χ2n) is 5.89. The van der Waals surface area contributed by atoms with E-state index in [1.54, 1.807) is 0 Å². The van der Waals surface area contributed by atoms with Crippen molar-refractivity contribution in [3.05, 3.63) is 29.8 Å². The van der Waals surface area contributed by atoms with Gasteiger partial charge in [0.25, 0.3) is 0 Å². The fourth-order valence-corrected chi connectivity index (χ4v) is 3.17. The molecule has 2 heterocycles. The first-order valence-corrected chi connectivity index (χ1v) is 7.52. The Morgan fingerprint density at radius 2 is 2.32 bits per heavy atom. The fourth-order valence-electron chi connectivity index (χ4n) is 3.17. The number of ether oxygens (including phenoxy) is 1. The van der Waals surface area contributed by atoms with Crippen molar-refractivity contribution in [2.24, 2.45) is 0 Å². The molecule has 0 spiro atoms. The molecule has 1 aromatic carbocycles. The van der Waals surface area contributed by atoms with Gasteiger partial charge in [-0.1, -0.05) is 18.2 Å². The van der Waals surface area contributed by atoms with Gasteiger partial charge in [0.05, 0.1) is 0 Å². The van der Waals surface area contributed by atoms with Crippen LogP contribution >= 0.6 is 0 Å². The summed E-state index contributed by atoms with van der Waals surface area (Å²) in [4.78, 5) is 0. The van der Waals surface area contributed by atoms with E-state index in [-0.39, 0.29) is 0 Å². The Balaban J connectivity index is 1.41. The zero-order chi connectivity index (χ0) is 13.1. The molecule has 3 heteroatoms. The lowest BCUT2D eigenvalue weighted by molar-refractivity contribution is 0.220. The van der Waals surface area contributed by atoms with Crippen LogP contribution in [0.2, 0.25) is 0 Å². The number of nitrogens with one attached hydrogen (secondary N) is 2. The molecule has 0 aliphatic carbocycles. The monoisotopic (exact) mass is 260 g/mol. The Hall–Kier alpha value is -1.06. The second-order valence-corrected chi connectivity index (χ2v) is 5.89. The minimum absolute atomic E-state index is 0.302. The highest BCUT2D eigenvalue weighted by Crippen LogP contribution is 2.27. The Labute approximate surface area is 115 Å². The van der Waals surface area contributed by atoms with Crippen molar-refractivity contribution in [3.63, 3.8) is 0 Å². The molecule has 3 rings (SSSR count). The van der Waals surface area contributed by atoms with Crippen molar-refractivity contribution in [1.29, 1.82) is 0 Å². The highest BCUT2D eigenvalue weighted by atomic mass is 16.5. The lowest BCUT2D eigenvalue weighted by atomic mass is 10.1. The molecule has 19 heavy (non-hydrogen) atoms. The molecule has 0 radical (unpaired) electrons. The van der Waals surface area contributed by atoms with E-state index in [2.05, 4.69) is 35.8 Å². The molecule has 3 unspecified atom stereocenters. The van der Waals surface area contributed by atoms with E-state index in [0.717, 1.165) is 18.7 Å². The average molecular weight is 260 g/mol. The van der Waals surface area contributed by atoms with Gasteiger partial charge in [0.2, 0.25) is 0 Å². The molecule has 2 aliphatic heterocycles. The van der Waals surface area contributed by atoms with Crippen LogP contribution in [-0.2, 0) is 6.42 Å². The van der Waals surface area contributed by atoms with Gasteiger partial charge in [0, 0.05) is 25.0 Å². The van der Waals surface area contributed by atoms with Gasteiger partial charge in [-0.25, -0.2) is 0 Å². The van der Waals surface area contributed by atoms with Crippen LogP contribution < -0.4 is 15.4 Å². The minimum atomic E-state index is 0.302. The zero-order valence-corrected chi connectivity index (χ0v) is 11.7. The number of fused-ring (bicyclic) bond motifs is 1. The molecule has 3 atom stereocenters. The Morgan fingerprint density at radius 3 is 3.11 bits per heavy atom. The summed E-state index contributed by atoms with van der Waals surface area (Å²) < 4.78 is 5.95. The Morgan fingerprint density at radius 1 is 1.42 bits per heavy atom. The van der Waals surface area contributed by atoms with E-state index in [1.165, 1.54) is 31.4 Å². The number of para-hydroxylation sites is 1. The normalized spacial score (nSPS) is 27.0. The van der Waals surface area contributed by atoms with Crippen LogP contribution in [0.25, 0.3) is 0 Å². The highest BCUT2D eigenvalue weighted by molar-refractivity contribution is 5.37. The lowest BCUT2D eigenvalue weighted by Crippen LogP contribution is -2.39. The molecular weight excluding hydrogens is 236 g/mol. The van der Waals surface area contributed by atoms with Gasteiger partial charge >= 0.3 is 0 Å². The van der Waals surface area contributed by atoms with Gasteiger partial charge in [0.15, 0.2) is 0 Å². The quantitative estimate of drug-likeness (QED) is 0.850. The van der Waals surface area contributed by atoms with Crippen LogP contribution in [0.3, 0.4) is 0 Å². The smallest absolute Gasteiger partial charge is 0.123 e. The Bertz CT molecular complexity index is 390. The SMILES string of the molecule is CC(CC1CCCN1)NCC1Cc2ccccc2O1. The van der Waals surface area contributed by atoms with Crippen molar-refractivity contribution in [1.82, 2.24) is 10.6 Å². The summed E-state index contributed by atoms with van der Waals surface area (Å²) in [6.45, 7) is 4.42. The maximum absolute atomic E-state index is 5.95. The molecule has 3 nitrogen and oxygen atoms in total. The largest absolute Gasteiger partial charge is 0.488 e. The maximum Gasteiger partial charge on any atom is 0.123 e. The third-order valence-electron chi connectivity index (χ3n) is 4.21. The van der Waals surface area contributed by atoms with Gasteiger partial charge < -0.3 is 15.4 Å². The molecule has 1 saturated heterocycles. The van der Waals surface area contributed by atoms with E-state index >= 15 is 0 Å². The minimum Gasteiger partial charge on any atom is -0.488 e. The van der Waals surface area contributed by atoms with Gasteiger partial charge in [0.1, 0.15) is 11.9 Å². The van der Waals surface area contributed by atoms with Gasteiger partial charge in [-0.3, -0.25) is 0 Å². The van der Waals surface area contributed by atoms with Crippen molar-refractivity contribution in [2.45, 2.75) is 50.8 Å². The van der Waals surface area contributed by atoms with Crippen molar-refractivity contribution >= 4 is 0 Å². The molecule has 0 saturated carbocycles. The summed E-state index contributed by atoms with van der Waals surface area (Å²) in [6.07, 6.45) is 5.23. The number of hydrogen-bond acceptors (Lipinski definition) is 3. The molecule has 1 fully saturated rings. The number of hydrogen-bond donors (Lipinski definition) is 2. The summed E-state index contributed by atoms with van der Waals surface area (Å²) in [5, 5.41) is 7.18. The van der Waals surface area contributed by atoms with Gasteiger partial charge in [-0.2, -0.15) is 0 Å². The van der Waals surface area contributed by atoms with Crippen LogP contribution in [0.4, 0.5) is 0 Å². The fraction of sp³-hybridized carbons (Fsp3) is 0.625. The molecule has 0 bridgehead atoms. The second kappa shape index (κ2) is 5.93.